The maximum Gasteiger partial charge on any atom is 1.00 e. The monoisotopic (exact) mass is 758 g/mol. The molecule has 1 atom stereocenters. The Balaban J connectivity index is -0.000000718. The van der Waals surface area contributed by atoms with E-state index in [1.165, 1.54) is 13.8 Å². The fourth-order valence-corrected chi connectivity index (χ4v) is 4.62. The zero-order valence-corrected chi connectivity index (χ0v) is 34.1. The van der Waals surface area contributed by atoms with Crippen molar-refractivity contribution in [1.29, 1.82) is 0 Å². The van der Waals surface area contributed by atoms with Gasteiger partial charge in [-0.3, -0.25) is 14.2 Å². The van der Waals surface area contributed by atoms with E-state index in [4.69, 9.17) is 19.7 Å². The van der Waals surface area contributed by atoms with Crippen molar-refractivity contribution in [3.05, 3.63) is 60.0 Å². The van der Waals surface area contributed by atoms with Gasteiger partial charge in [0.05, 0.1) is 11.7 Å². The van der Waals surface area contributed by atoms with E-state index in [9.17, 15) is 23.7 Å². The first kappa shape index (κ1) is 52.9. The summed E-state index contributed by atoms with van der Waals surface area (Å²) in [5, 5.41) is 6.34. The molecule has 17 heteroatoms. The van der Waals surface area contributed by atoms with Crippen molar-refractivity contribution in [1.82, 2.24) is 25.6 Å². The summed E-state index contributed by atoms with van der Waals surface area (Å²) in [6, 6.07) is 11.2. The van der Waals surface area contributed by atoms with Crippen LogP contribution in [0.1, 0.15) is 84.3 Å². The van der Waals surface area contributed by atoms with Gasteiger partial charge in [0.25, 0.3) is 0 Å². The van der Waals surface area contributed by atoms with Gasteiger partial charge in [-0.15, -0.1) is 0 Å². The molecule has 0 fully saturated rings. The quantitative estimate of drug-likeness (QED) is 0.104. The van der Waals surface area contributed by atoms with Crippen molar-refractivity contribution in [2.24, 2.45) is 0 Å². The third-order valence-electron chi connectivity index (χ3n) is 5.95. The van der Waals surface area contributed by atoms with Crippen molar-refractivity contribution < 1.29 is 72.8 Å². The number of hydrogen-bond donors (Lipinski definition) is 3. The number of anilines is 1. The summed E-state index contributed by atoms with van der Waals surface area (Å²) < 4.78 is 26.5. The molecule has 0 radical (unpaired) electrons. The minimum atomic E-state index is -2.79. The number of ether oxygens (including phenoxy) is 2. The molecule has 0 aliphatic heterocycles. The predicted octanol–water partition coefficient (Wildman–Crippen LogP) is 3.44. The van der Waals surface area contributed by atoms with E-state index in [1.807, 2.05) is 45.0 Å². The summed E-state index contributed by atoms with van der Waals surface area (Å²) in [5.74, 6) is 0.158. The Morgan fingerprint density at radius 3 is 1.92 bits per heavy atom. The normalized spacial score (nSPS) is 11.5. The molecule has 3 aromatic rings. The zero-order chi connectivity index (χ0) is 37.1. The van der Waals surface area contributed by atoms with Crippen LogP contribution in [0.2, 0.25) is 0 Å². The summed E-state index contributed by atoms with van der Waals surface area (Å²) in [5.41, 5.74) is 6.47. The van der Waals surface area contributed by atoms with Crippen LogP contribution in [-0.4, -0.2) is 88.9 Å². The van der Waals surface area contributed by atoms with E-state index < -0.39 is 24.7 Å². The van der Waals surface area contributed by atoms with Gasteiger partial charge in [0.2, 0.25) is 7.37 Å². The molecule has 52 heavy (non-hydrogen) atoms. The number of rotatable bonds is 12. The number of nitrogens with zero attached hydrogens (tertiary/aromatic N) is 3. The molecular formula is C35H56N6NaO9P. The number of nitrogens with one attached hydrogen (secondary N) is 2. The number of hydrogen-bond acceptors (Lipinski definition) is 13. The molecule has 0 aromatic carbocycles. The molecule has 3 rings (SSSR count). The second-order valence-corrected chi connectivity index (χ2v) is 15.6. The van der Waals surface area contributed by atoms with Crippen LogP contribution in [0.3, 0.4) is 0 Å². The fraction of sp³-hybridized carbons (Fsp3) is 0.514. The molecule has 0 aliphatic carbocycles. The van der Waals surface area contributed by atoms with Crippen LogP contribution in [0.15, 0.2) is 48.8 Å². The molecule has 3 aromatic heterocycles. The van der Waals surface area contributed by atoms with E-state index in [0.717, 1.165) is 29.6 Å². The standard InChI is InChI=1S/C16H21N3O2.C12H24NO5P.C6H6N2O.CH4.Na.H2O/c1-16(2,3)21-15(20)18-11-5-7-13-9-8-12-6-4-10-17-14(12)19-13;1-12(2,3)18-11(15)13-8-6-7-10(14)9-19(5,16)17-4;7-6-5(4-9)2-1-3-8-6;;;/h4,6,8-10H,5,7,11H2,1-3H3,(H,18,20);6-9H2,1-5H3,(H,13,15);1-4H,(H2,7,8);1H4;;1H2/q;;;;+1;/p-1. The Labute approximate surface area is 330 Å². The van der Waals surface area contributed by atoms with Crippen LogP contribution in [0.25, 0.3) is 11.0 Å². The average molecular weight is 759 g/mol. The Kier molecular flexibility index (Phi) is 26.8. The maximum absolute atomic E-state index is 11.6. The number of alkyl carbamates (subject to hydrolysis) is 2. The number of pyridine rings is 3. The molecule has 2 amide bonds. The topological polar surface area (TPSA) is 232 Å². The van der Waals surface area contributed by atoms with Crippen LogP contribution >= 0.6 is 7.37 Å². The van der Waals surface area contributed by atoms with E-state index in [2.05, 4.69) is 25.6 Å². The summed E-state index contributed by atoms with van der Waals surface area (Å²) >= 11 is 0. The Hall–Kier alpha value is -3.46. The predicted molar refractivity (Wildman–Crippen MR) is 199 cm³/mol. The maximum atomic E-state index is 11.6. The van der Waals surface area contributed by atoms with Gasteiger partial charge in [-0.25, -0.2) is 24.5 Å². The summed E-state index contributed by atoms with van der Waals surface area (Å²) in [6.45, 7) is 13.2. The number of aldehydes is 1. The molecule has 286 valence electrons. The van der Waals surface area contributed by atoms with E-state index in [-0.39, 0.29) is 72.7 Å². The van der Waals surface area contributed by atoms with Crippen LogP contribution in [0.4, 0.5) is 15.4 Å². The van der Waals surface area contributed by atoms with Gasteiger partial charge in [0, 0.05) is 56.8 Å². The third kappa shape index (κ3) is 25.5. The van der Waals surface area contributed by atoms with Gasteiger partial charge in [-0.05, 0) is 97.2 Å². The first-order chi connectivity index (χ1) is 22.8. The van der Waals surface area contributed by atoms with Crippen LogP contribution in [-0.2, 0) is 29.8 Å². The molecule has 0 aliphatic rings. The number of aryl methyl sites for hydroxylation is 1. The van der Waals surface area contributed by atoms with Crippen LogP contribution < -0.4 is 45.9 Å². The molecule has 0 saturated heterocycles. The number of nitrogen functional groups attached to an aromatic ring is 1. The van der Waals surface area contributed by atoms with Crippen molar-refractivity contribution in [2.75, 3.05) is 38.8 Å². The van der Waals surface area contributed by atoms with E-state index in [0.29, 0.717) is 31.4 Å². The fourth-order valence-electron chi connectivity index (χ4n) is 3.69. The van der Waals surface area contributed by atoms with Gasteiger partial charge in [0.1, 0.15) is 22.8 Å². The van der Waals surface area contributed by atoms with Gasteiger partial charge in [-0.2, -0.15) is 0 Å². The summed E-state index contributed by atoms with van der Waals surface area (Å²) in [4.78, 5) is 56.8. The summed E-state index contributed by atoms with van der Waals surface area (Å²) in [6.07, 6.45) is 5.38. The van der Waals surface area contributed by atoms with E-state index in [1.54, 1.807) is 45.3 Å². The molecule has 15 nitrogen and oxygen atoms in total. The van der Waals surface area contributed by atoms with Crippen molar-refractivity contribution >= 4 is 48.5 Å². The average Bonchev–Trinajstić information content (AvgIpc) is 3.00. The molecule has 5 N–H and O–H groups in total. The number of carbonyl (C=O) groups is 4. The van der Waals surface area contributed by atoms with Gasteiger partial charge >= 0.3 is 41.7 Å². The van der Waals surface area contributed by atoms with Gasteiger partial charge < -0.3 is 35.8 Å². The third-order valence-corrected chi connectivity index (χ3v) is 7.65. The SMILES string of the molecule is C.CC(C)(C)OC(=O)NCCCc1ccc2cccnc2n1.COP(C)(=O)CC(=O)CCCNC(=O)OC(C)(C)C.Nc1ncccc1C=O.[Na+].[OH-]. The molecule has 0 spiro atoms. The Morgan fingerprint density at radius 2 is 1.42 bits per heavy atom. The first-order valence-electron chi connectivity index (χ1n) is 15.8. The summed E-state index contributed by atoms with van der Waals surface area (Å²) in [7, 11) is -1.46. The molecule has 1 unspecified atom stereocenters. The van der Waals surface area contributed by atoms with Crippen molar-refractivity contribution in [3.63, 3.8) is 0 Å². The molecule has 0 saturated carbocycles. The Morgan fingerprint density at radius 1 is 0.885 bits per heavy atom. The van der Waals surface area contributed by atoms with Crippen molar-refractivity contribution in [2.45, 2.75) is 85.9 Å². The van der Waals surface area contributed by atoms with Gasteiger partial charge in [0.15, 0.2) is 11.9 Å². The number of fused-ring (bicyclic) bond motifs is 1. The van der Waals surface area contributed by atoms with Crippen LogP contribution in [0.5, 0.6) is 0 Å². The number of aromatic nitrogens is 3. The first-order valence-corrected chi connectivity index (χ1v) is 18.0. The molecule has 3 heterocycles. The van der Waals surface area contributed by atoms with Crippen molar-refractivity contribution in [3.8, 4) is 0 Å². The number of amides is 2. The molecular weight excluding hydrogens is 702 g/mol. The smallest absolute Gasteiger partial charge is 0.870 e. The minimum Gasteiger partial charge on any atom is -0.870 e. The van der Waals surface area contributed by atoms with Crippen LogP contribution in [0, 0.1) is 0 Å². The molecule has 0 bridgehead atoms. The van der Waals surface area contributed by atoms with E-state index >= 15 is 0 Å². The Bertz CT molecular complexity index is 1570. The number of Topliss-reactive ketones (excluding diaryl/α,β-unsaturated/α-hetero) is 1. The number of ketones is 1. The largest absolute Gasteiger partial charge is 1.00 e. The second kappa shape index (κ2) is 26.3. The second-order valence-electron chi connectivity index (χ2n) is 12.9. The number of nitrogens with two attached hydrogens (primary N) is 1. The number of carbonyl (C=O) groups excluding carboxylic acids is 4. The van der Waals surface area contributed by atoms with Gasteiger partial charge in [-0.1, -0.05) is 7.43 Å². The zero-order valence-electron chi connectivity index (χ0n) is 31.2. The minimum absolute atomic E-state index is 0.